The minimum Gasteiger partial charge on any atom is -0.375 e. The first-order valence-electron chi connectivity index (χ1n) is 5.48. The van der Waals surface area contributed by atoms with Crippen LogP contribution in [-0.2, 0) is 4.74 Å². The Balaban J connectivity index is 1.93. The smallest absolute Gasteiger partial charge is 0.322 e. The molecular formula is C12H16N2O2. The van der Waals surface area contributed by atoms with Crippen LogP contribution in [0.2, 0.25) is 0 Å². The Morgan fingerprint density at radius 1 is 1.44 bits per heavy atom. The Labute approximate surface area is 95.2 Å². The molecule has 0 spiro atoms. The van der Waals surface area contributed by atoms with Crippen LogP contribution in [-0.4, -0.2) is 36.7 Å². The summed E-state index contributed by atoms with van der Waals surface area (Å²) in [5.74, 6) is 0. The van der Waals surface area contributed by atoms with Gasteiger partial charge in [0.25, 0.3) is 0 Å². The van der Waals surface area contributed by atoms with Gasteiger partial charge in [-0.1, -0.05) is 18.2 Å². The van der Waals surface area contributed by atoms with Gasteiger partial charge in [0.2, 0.25) is 0 Å². The van der Waals surface area contributed by atoms with Crippen molar-refractivity contribution in [2.75, 3.05) is 25.0 Å². The fourth-order valence-corrected chi connectivity index (χ4v) is 1.73. The van der Waals surface area contributed by atoms with Crippen molar-refractivity contribution in [3.05, 3.63) is 30.3 Å². The van der Waals surface area contributed by atoms with Gasteiger partial charge in [0.15, 0.2) is 0 Å². The van der Waals surface area contributed by atoms with Crippen molar-refractivity contribution in [3.63, 3.8) is 0 Å². The minimum atomic E-state index is -0.0543. The summed E-state index contributed by atoms with van der Waals surface area (Å²) in [6.45, 7) is 3.90. The molecule has 0 saturated carbocycles. The van der Waals surface area contributed by atoms with Crippen LogP contribution in [0.25, 0.3) is 0 Å². The van der Waals surface area contributed by atoms with Crippen molar-refractivity contribution < 1.29 is 9.53 Å². The van der Waals surface area contributed by atoms with E-state index in [0.717, 1.165) is 5.69 Å². The summed E-state index contributed by atoms with van der Waals surface area (Å²) in [5, 5.41) is 2.86. The molecule has 86 valence electrons. The number of anilines is 1. The normalized spacial score (nSPS) is 20.6. The van der Waals surface area contributed by atoms with Crippen molar-refractivity contribution >= 4 is 11.7 Å². The molecule has 1 aromatic carbocycles. The summed E-state index contributed by atoms with van der Waals surface area (Å²) in [7, 11) is 0. The minimum absolute atomic E-state index is 0.0543. The molecule has 1 aliphatic heterocycles. The molecular weight excluding hydrogens is 204 g/mol. The quantitative estimate of drug-likeness (QED) is 0.785. The van der Waals surface area contributed by atoms with E-state index in [1.807, 2.05) is 37.3 Å². The van der Waals surface area contributed by atoms with Crippen molar-refractivity contribution in [1.29, 1.82) is 0 Å². The first-order chi connectivity index (χ1) is 7.75. The third kappa shape index (κ3) is 2.73. The molecule has 16 heavy (non-hydrogen) atoms. The Hall–Kier alpha value is -1.55. The number of urea groups is 1. The number of amides is 2. The Kier molecular flexibility index (Phi) is 3.41. The van der Waals surface area contributed by atoms with Crippen molar-refractivity contribution in [2.45, 2.75) is 13.0 Å². The standard InChI is InChI=1S/C12H16N2O2/c1-10-9-14(7-8-16-10)12(15)13-11-5-3-2-4-6-11/h2-6,10H,7-9H2,1H3,(H,13,15). The van der Waals surface area contributed by atoms with E-state index in [2.05, 4.69) is 5.32 Å². The van der Waals surface area contributed by atoms with Gasteiger partial charge in [0, 0.05) is 18.8 Å². The van der Waals surface area contributed by atoms with Gasteiger partial charge in [-0.3, -0.25) is 0 Å². The first-order valence-corrected chi connectivity index (χ1v) is 5.48. The number of morpholine rings is 1. The summed E-state index contributed by atoms with van der Waals surface area (Å²) in [4.78, 5) is 13.7. The van der Waals surface area contributed by atoms with E-state index in [1.165, 1.54) is 0 Å². The number of ether oxygens (including phenoxy) is 1. The van der Waals surface area contributed by atoms with Gasteiger partial charge >= 0.3 is 6.03 Å². The van der Waals surface area contributed by atoms with Gasteiger partial charge in [-0.05, 0) is 19.1 Å². The molecule has 1 unspecified atom stereocenters. The molecule has 1 atom stereocenters. The van der Waals surface area contributed by atoms with Gasteiger partial charge in [-0.15, -0.1) is 0 Å². The van der Waals surface area contributed by atoms with E-state index in [0.29, 0.717) is 19.7 Å². The predicted molar refractivity (Wildman–Crippen MR) is 62.4 cm³/mol. The summed E-state index contributed by atoms with van der Waals surface area (Å²) in [6.07, 6.45) is 0.121. The highest BCUT2D eigenvalue weighted by Crippen LogP contribution is 2.09. The maximum absolute atomic E-state index is 11.9. The number of carbonyl (C=O) groups is 1. The fourth-order valence-electron chi connectivity index (χ4n) is 1.73. The molecule has 1 fully saturated rings. The van der Waals surface area contributed by atoms with Crippen LogP contribution in [0.15, 0.2) is 30.3 Å². The molecule has 1 heterocycles. The number of nitrogens with zero attached hydrogens (tertiary/aromatic N) is 1. The lowest BCUT2D eigenvalue weighted by Crippen LogP contribution is -2.46. The van der Waals surface area contributed by atoms with Crippen molar-refractivity contribution in [3.8, 4) is 0 Å². The lowest BCUT2D eigenvalue weighted by atomic mass is 10.3. The molecule has 2 amide bonds. The zero-order valence-corrected chi connectivity index (χ0v) is 9.35. The highest BCUT2D eigenvalue weighted by atomic mass is 16.5. The summed E-state index contributed by atoms with van der Waals surface area (Å²) < 4.78 is 5.39. The zero-order valence-electron chi connectivity index (χ0n) is 9.35. The second-order valence-corrected chi connectivity index (χ2v) is 3.92. The zero-order chi connectivity index (χ0) is 11.4. The monoisotopic (exact) mass is 220 g/mol. The third-order valence-corrected chi connectivity index (χ3v) is 2.55. The van der Waals surface area contributed by atoms with Gasteiger partial charge in [-0.2, -0.15) is 0 Å². The second-order valence-electron chi connectivity index (χ2n) is 3.92. The number of carbonyl (C=O) groups excluding carboxylic acids is 1. The van der Waals surface area contributed by atoms with Gasteiger partial charge in [-0.25, -0.2) is 4.79 Å². The van der Waals surface area contributed by atoms with Crippen LogP contribution in [0, 0.1) is 0 Å². The average molecular weight is 220 g/mol. The molecule has 0 aliphatic carbocycles. The van der Waals surface area contributed by atoms with Crippen molar-refractivity contribution in [2.24, 2.45) is 0 Å². The molecule has 1 N–H and O–H groups in total. The predicted octanol–water partition coefficient (Wildman–Crippen LogP) is 1.94. The number of benzene rings is 1. The maximum Gasteiger partial charge on any atom is 0.322 e. The van der Waals surface area contributed by atoms with E-state index in [-0.39, 0.29) is 12.1 Å². The number of hydrogen-bond acceptors (Lipinski definition) is 2. The van der Waals surface area contributed by atoms with Crippen molar-refractivity contribution in [1.82, 2.24) is 4.90 Å². The fraction of sp³-hybridized carbons (Fsp3) is 0.417. The van der Waals surface area contributed by atoms with Crippen LogP contribution in [0.5, 0.6) is 0 Å². The van der Waals surface area contributed by atoms with E-state index >= 15 is 0 Å². The van der Waals surface area contributed by atoms with Crippen LogP contribution in [0.3, 0.4) is 0 Å². The molecule has 1 aromatic rings. The van der Waals surface area contributed by atoms with Gasteiger partial charge in [0.1, 0.15) is 0 Å². The Morgan fingerprint density at radius 3 is 2.88 bits per heavy atom. The van der Waals surface area contributed by atoms with Crippen LogP contribution < -0.4 is 5.32 Å². The molecule has 0 aromatic heterocycles. The maximum atomic E-state index is 11.9. The van der Waals surface area contributed by atoms with Gasteiger partial charge < -0.3 is 15.0 Å². The third-order valence-electron chi connectivity index (χ3n) is 2.55. The van der Waals surface area contributed by atoms with E-state index in [4.69, 9.17) is 4.74 Å². The highest BCUT2D eigenvalue weighted by molar-refractivity contribution is 5.89. The van der Waals surface area contributed by atoms with E-state index in [1.54, 1.807) is 4.90 Å². The SMILES string of the molecule is CC1CN(C(=O)Nc2ccccc2)CCO1. The number of hydrogen-bond donors (Lipinski definition) is 1. The number of rotatable bonds is 1. The lowest BCUT2D eigenvalue weighted by Gasteiger charge is -2.31. The second kappa shape index (κ2) is 4.99. The topological polar surface area (TPSA) is 41.6 Å². The number of para-hydroxylation sites is 1. The lowest BCUT2D eigenvalue weighted by molar-refractivity contribution is -0.00138. The van der Waals surface area contributed by atoms with E-state index < -0.39 is 0 Å². The number of nitrogens with one attached hydrogen (secondary N) is 1. The average Bonchev–Trinajstić information content (AvgIpc) is 2.30. The highest BCUT2D eigenvalue weighted by Gasteiger charge is 2.20. The Morgan fingerprint density at radius 2 is 2.19 bits per heavy atom. The molecule has 4 heteroatoms. The summed E-state index contributed by atoms with van der Waals surface area (Å²) in [5.41, 5.74) is 0.826. The van der Waals surface area contributed by atoms with Crippen LogP contribution >= 0.6 is 0 Å². The molecule has 0 radical (unpaired) electrons. The summed E-state index contributed by atoms with van der Waals surface area (Å²) >= 11 is 0. The summed E-state index contributed by atoms with van der Waals surface area (Å²) in [6, 6.07) is 9.42. The van der Waals surface area contributed by atoms with Crippen LogP contribution in [0.1, 0.15) is 6.92 Å². The molecule has 1 saturated heterocycles. The molecule has 1 aliphatic rings. The molecule has 2 rings (SSSR count). The first kappa shape index (κ1) is 11.0. The van der Waals surface area contributed by atoms with E-state index in [9.17, 15) is 4.79 Å². The molecule has 0 bridgehead atoms. The Bertz CT molecular complexity index is 353. The van der Waals surface area contributed by atoms with Crippen LogP contribution in [0.4, 0.5) is 10.5 Å². The molecule has 4 nitrogen and oxygen atoms in total. The van der Waals surface area contributed by atoms with Gasteiger partial charge in [0.05, 0.1) is 12.7 Å². The largest absolute Gasteiger partial charge is 0.375 e.